The number of aromatic nitrogens is 3. The second kappa shape index (κ2) is 5.69. The van der Waals surface area contributed by atoms with Crippen molar-refractivity contribution < 1.29 is 0 Å². The smallest absolute Gasteiger partial charge is 0.180 e. The molecule has 2 aromatic heterocycles. The van der Waals surface area contributed by atoms with Crippen molar-refractivity contribution in [2.75, 3.05) is 17.2 Å². The van der Waals surface area contributed by atoms with E-state index in [1.807, 2.05) is 23.0 Å². The maximum absolute atomic E-state index is 4.69. The lowest BCUT2D eigenvalue weighted by molar-refractivity contribution is 0.285. The second-order valence-electron chi connectivity index (χ2n) is 5.68. The summed E-state index contributed by atoms with van der Waals surface area (Å²) in [5, 5.41) is 6.90. The summed E-state index contributed by atoms with van der Waals surface area (Å²) in [6.07, 6.45) is 10.9. The van der Waals surface area contributed by atoms with Gasteiger partial charge in [-0.05, 0) is 32.1 Å². The maximum Gasteiger partial charge on any atom is 0.180 e. The van der Waals surface area contributed by atoms with Crippen LogP contribution >= 0.6 is 0 Å². The average molecular weight is 273 g/mol. The van der Waals surface area contributed by atoms with Crippen molar-refractivity contribution in [2.45, 2.75) is 45.6 Å². The Morgan fingerprint density at radius 3 is 3.00 bits per heavy atom. The molecule has 0 amide bonds. The Labute approximate surface area is 119 Å². The maximum atomic E-state index is 4.69. The van der Waals surface area contributed by atoms with Crippen LogP contribution < -0.4 is 10.6 Å². The van der Waals surface area contributed by atoms with E-state index in [2.05, 4.69) is 34.4 Å². The van der Waals surface area contributed by atoms with Gasteiger partial charge in [-0.3, -0.25) is 0 Å². The van der Waals surface area contributed by atoms with Crippen LogP contribution in [-0.4, -0.2) is 27.0 Å². The Balaban J connectivity index is 1.84. The summed E-state index contributed by atoms with van der Waals surface area (Å²) in [7, 11) is 0. The Bertz CT molecular complexity index is 573. The van der Waals surface area contributed by atoms with Gasteiger partial charge in [0.2, 0.25) is 0 Å². The van der Waals surface area contributed by atoms with Gasteiger partial charge in [0.1, 0.15) is 5.82 Å². The lowest BCUT2D eigenvalue weighted by Crippen LogP contribution is -2.31. The largest absolute Gasteiger partial charge is 0.369 e. The summed E-state index contributed by atoms with van der Waals surface area (Å²) in [4.78, 5) is 9.09. The molecular formula is C15H23N5. The summed E-state index contributed by atoms with van der Waals surface area (Å²) >= 11 is 0. The van der Waals surface area contributed by atoms with Crippen LogP contribution in [0.2, 0.25) is 0 Å². The molecule has 5 heteroatoms. The normalized spacial score (nSPS) is 16.9. The quantitative estimate of drug-likeness (QED) is 0.849. The topological polar surface area (TPSA) is 54.2 Å². The van der Waals surface area contributed by atoms with E-state index in [0.717, 1.165) is 36.2 Å². The fourth-order valence-electron chi connectivity index (χ4n) is 2.64. The minimum absolute atomic E-state index is 0.457. The molecule has 108 valence electrons. The van der Waals surface area contributed by atoms with Crippen molar-refractivity contribution >= 4 is 17.3 Å². The Hall–Kier alpha value is -1.78. The number of nitrogens with one attached hydrogen (secondary N) is 2. The van der Waals surface area contributed by atoms with Crippen LogP contribution in [-0.2, 0) is 0 Å². The van der Waals surface area contributed by atoms with Crippen LogP contribution in [0.5, 0.6) is 0 Å². The van der Waals surface area contributed by atoms with Gasteiger partial charge in [0.05, 0.1) is 6.20 Å². The highest BCUT2D eigenvalue weighted by Gasteiger charge is 2.24. The van der Waals surface area contributed by atoms with E-state index in [0.29, 0.717) is 6.04 Å². The lowest BCUT2D eigenvalue weighted by Gasteiger charge is -2.32. The number of hydrogen-bond acceptors (Lipinski definition) is 4. The zero-order valence-corrected chi connectivity index (χ0v) is 12.3. The number of imidazole rings is 1. The number of hydrogen-bond donors (Lipinski definition) is 2. The van der Waals surface area contributed by atoms with Crippen molar-refractivity contribution in [3.8, 4) is 0 Å². The summed E-state index contributed by atoms with van der Waals surface area (Å²) in [6, 6.07) is 0.457. The van der Waals surface area contributed by atoms with Gasteiger partial charge >= 0.3 is 0 Å². The minimum Gasteiger partial charge on any atom is -0.369 e. The van der Waals surface area contributed by atoms with E-state index in [1.54, 1.807) is 0 Å². The molecule has 1 atom stereocenters. The molecule has 5 nitrogen and oxygen atoms in total. The number of fused-ring (bicyclic) bond motifs is 1. The first kappa shape index (κ1) is 13.2. The van der Waals surface area contributed by atoms with Crippen molar-refractivity contribution in [3.05, 3.63) is 18.6 Å². The Morgan fingerprint density at radius 2 is 2.30 bits per heavy atom. The van der Waals surface area contributed by atoms with E-state index in [1.165, 1.54) is 19.3 Å². The van der Waals surface area contributed by atoms with Crippen LogP contribution in [0.4, 0.5) is 11.6 Å². The molecule has 0 bridgehead atoms. The first-order valence-corrected chi connectivity index (χ1v) is 7.62. The monoisotopic (exact) mass is 273 g/mol. The van der Waals surface area contributed by atoms with Crippen LogP contribution in [0.3, 0.4) is 0 Å². The van der Waals surface area contributed by atoms with Crippen molar-refractivity contribution in [1.82, 2.24) is 14.4 Å². The van der Waals surface area contributed by atoms with Crippen LogP contribution in [0.1, 0.15) is 39.5 Å². The SMILES string of the molecule is CCCNc1cn2ccnc2c(NC(C)C2CCC2)n1. The van der Waals surface area contributed by atoms with Crippen molar-refractivity contribution in [3.63, 3.8) is 0 Å². The molecule has 1 saturated carbocycles. The molecule has 2 heterocycles. The first-order chi connectivity index (χ1) is 9.78. The van der Waals surface area contributed by atoms with E-state index in [9.17, 15) is 0 Å². The molecule has 1 aliphatic carbocycles. The van der Waals surface area contributed by atoms with E-state index < -0.39 is 0 Å². The summed E-state index contributed by atoms with van der Waals surface area (Å²) in [5.74, 6) is 2.57. The lowest BCUT2D eigenvalue weighted by atomic mass is 9.80. The fraction of sp³-hybridized carbons (Fsp3) is 0.600. The highest BCUT2D eigenvalue weighted by Crippen LogP contribution is 2.31. The van der Waals surface area contributed by atoms with Crippen LogP contribution in [0.15, 0.2) is 18.6 Å². The Morgan fingerprint density at radius 1 is 1.45 bits per heavy atom. The second-order valence-corrected chi connectivity index (χ2v) is 5.68. The van der Waals surface area contributed by atoms with Gasteiger partial charge in [-0.1, -0.05) is 13.3 Å². The zero-order valence-electron chi connectivity index (χ0n) is 12.3. The molecule has 0 aliphatic heterocycles. The standard InChI is InChI=1S/C15H23N5/c1-3-7-16-13-10-20-9-8-17-15(20)14(19-13)18-11(2)12-5-4-6-12/h8-12,16H,3-7H2,1-2H3,(H,18,19). The molecule has 2 aromatic rings. The molecule has 0 saturated heterocycles. The third kappa shape index (κ3) is 2.57. The molecule has 1 aliphatic rings. The highest BCUT2D eigenvalue weighted by atomic mass is 15.2. The molecule has 1 fully saturated rings. The zero-order chi connectivity index (χ0) is 13.9. The van der Waals surface area contributed by atoms with Gasteiger partial charge in [-0.2, -0.15) is 0 Å². The van der Waals surface area contributed by atoms with Gasteiger partial charge in [0.15, 0.2) is 11.5 Å². The molecule has 1 unspecified atom stereocenters. The molecule has 0 radical (unpaired) electrons. The number of anilines is 2. The number of rotatable bonds is 6. The third-order valence-corrected chi connectivity index (χ3v) is 4.15. The first-order valence-electron chi connectivity index (χ1n) is 7.62. The predicted molar refractivity (Wildman–Crippen MR) is 82.2 cm³/mol. The summed E-state index contributed by atoms with van der Waals surface area (Å²) in [5.41, 5.74) is 0.901. The molecule has 2 N–H and O–H groups in total. The van der Waals surface area contributed by atoms with Gasteiger partial charge in [0, 0.05) is 25.0 Å². The van der Waals surface area contributed by atoms with E-state index in [4.69, 9.17) is 0 Å². The van der Waals surface area contributed by atoms with Gasteiger partial charge in [-0.15, -0.1) is 0 Å². The van der Waals surface area contributed by atoms with Gasteiger partial charge in [-0.25, -0.2) is 9.97 Å². The van der Waals surface area contributed by atoms with Crippen molar-refractivity contribution in [2.24, 2.45) is 5.92 Å². The predicted octanol–water partition coefficient (Wildman–Crippen LogP) is 3.15. The van der Waals surface area contributed by atoms with Gasteiger partial charge < -0.3 is 15.0 Å². The fourth-order valence-corrected chi connectivity index (χ4v) is 2.64. The molecule has 0 aromatic carbocycles. The Kier molecular flexibility index (Phi) is 3.76. The third-order valence-electron chi connectivity index (χ3n) is 4.15. The van der Waals surface area contributed by atoms with E-state index >= 15 is 0 Å². The molecule has 0 spiro atoms. The number of nitrogens with zero attached hydrogens (tertiary/aromatic N) is 3. The summed E-state index contributed by atoms with van der Waals surface area (Å²) < 4.78 is 2.03. The molecule has 20 heavy (non-hydrogen) atoms. The van der Waals surface area contributed by atoms with Crippen LogP contribution in [0, 0.1) is 5.92 Å². The van der Waals surface area contributed by atoms with Crippen LogP contribution in [0.25, 0.3) is 5.65 Å². The van der Waals surface area contributed by atoms with Gasteiger partial charge in [0.25, 0.3) is 0 Å². The average Bonchev–Trinajstić information content (AvgIpc) is 2.82. The van der Waals surface area contributed by atoms with E-state index in [-0.39, 0.29) is 0 Å². The summed E-state index contributed by atoms with van der Waals surface area (Å²) in [6.45, 7) is 5.34. The van der Waals surface area contributed by atoms with Crippen molar-refractivity contribution in [1.29, 1.82) is 0 Å². The highest BCUT2D eigenvalue weighted by molar-refractivity contribution is 5.65. The minimum atomic E-state index is 0.457. The molecular weight excluding hydrogens is 250 g/mol. The molecule has 3 rings (SSSR count).